The first-order valence-electron chi connectivity index (χ1n) is 13.3. The number of halogens is 2. The van der Waals surface area contributed by atoms with E-state index in [1.165, 1.54) is 4.90 Å². The Morgan fingerprint density at radius 3 is 2.65 bits per heavy atom. The SMILES string of the molecule is O=C1NCCN(C(=O)Cc2cccnc2)CCCOc2cccc(c2)[C@H]2CN(C(=O)c3ccc(F)cc3F)C[C@H]12. The Morgan fingerprint density at radius 1 is 1.00 bits per heavy atom. The Balaban J connectivity index is 1.35. The Kier molecular flexibility index (Phi) is 8.33. The monoisotopic (exact) mass is 548 g/mol. The van der Waals surface area contributed by atoms with Crippen LogP contribution in [0.25, 0.3) is 0 Å². The van der Waals surface area contributed by atoms with Crippen molar-refractivity contribution in [2.75, 3.05) is 39.3 Å². The summed E-state index contributed by atoms with van der Waals surface area (Å²) in [4.78, 5) is 46.9. The third-order valence-corrected chi connectivity index (χ3v) is 7.34. The fourth-order valence-electron chi connectivity index (χ4n) is 5.28. The van der Waals surface area contributed by atoms with E-state index >= 15 is 0 Å². The zero-order valence-electron chi connectivity index (χ0n) is 21.9. The number of likely N-dealkylation sites (tertiary alicyclic amines) is 1. The van der Waals surface area contributed by atoms with Crippen molar-refractivity contribution in [3.05, 3.63) is 95.3 Å². The highest BCUT2D eigenvalue weighted by Crippen LogP contribution is 2.35. The summed E-state index contributed by atoms with van der Waals surface area (Å²) in [5.74, 6) is -3.00. The number of fused-ring (bicyclic) bond motifs is 4. The van der Waals surface area contributed by atoms with E-state index in [0.29, 0.717) is 37.9 Å². The summed E-state index contributed by atoms with van der Waals surface area (Å²) in [5.41, 5.74) is 1.39. The highest BCUT2D eigenvalue weighted by molar-refractivity contribution is 5.95. The summed E-state index contributed by atoms with van der Waals surface area (Å²) < 4.78 is 33.8. The molecule has 0 radical (unpaired) electrons. The maximum Gasteiger partial charge on any atom is 0.256 e. The minimum atomic E-state index is -0.945. The van der Waals surface area contributed by atoms with Gasteiger partial charge in [-0.25, -0.2) is 8.78 Å². The first-order chi connectivity index (χ1) is 19.4. The number of rotatable bonds is 3. The van der Waals surface area contributed by atoms with Gasteiger partial charge in [-0.1, -0.05) is 18.2 Å². The van der Waals surface area contributed by atoms with Gasteiger partial charge in [0.25, 0.3) is 5.91 Å². The molecule has 2 bridgehead atoms. The average molecular weight is 549 g/mol. The number of carbonyl (C=O) groups excluding carboxylic acids is 3. The molecule has 1 aromatic heterocycles. The third kappa shape index (κ3) is 6.27. The molecule has 5 rings (SSSR count). The van der Waals surface area contributed by atoms with Crippen LogP contribution in [0.5, 0.6) is 5.75 Å². The van der Waals surface area contributed by atoms with E-state index < -0.39 is 23.5 Å². The predicted octanol–water partition coefficient (Wildman–Crippen LogP) is 3.19. The van der Waals surface area contributed by atoms with Crippen molar-refractivity contribution in [3.8, 4) is 5.75 Å². The van der Waals surface area contributed by atoms with Crippen LogP contribution in [0.1, 0.15) is 33.8 Å². The normalized spacial score (nSPS) is 19.7. The molecule has 0 saturated carbocycles. The lowest BCUT2D eigenvalue weighted by Crippen LogP contribution is -2.42. The van der Waals surface area contributed by atoms with Gasteiger partial charge in [-0.2, -0.15) is 0 Å². The first kappa shape index (κ1) is 27.2. The summed E-state index contributed by atoms with van der Waals surface area (Å²) in [6.45, 7) is 1.67. The fraction of sp³-hybridized carbons (Fsp3) is 0.333. The molecule has 8 nitrogen and oxygen atoms in total. The number of nitrogens with zero attached hydrogens (tertiary/aromatic N) is 3. The number of hydrogen-bond donors (Lipinski definition) is 1. The second kappa shape index (κ2) is 12.2. The lowest BCUT2D eigenvalue weighted by atomic mass is 9.88. The second-order valence-corrected chi connectivity index (χ2v) is 10.0. The van der Waals surface area contributed by atoms with Crippen LogP contribution in [-0.4, -0.2) is 71.8 Å². The molecule has 3 amide bonds. The average Bonchev–Trinajstić information content (AvgIpc) is 3.40. The maximum absolute atomic E-state index is 14.4. The Labute approximate surface area is 230 Å². The van der Waals surface area contributed by atoms with Crippen LogP contribution < -0.4 is 10.1 Å². The number of ether oxygens (including phenoxy) is 1. The van der Waals surface area contributed by atoms with Gasteiger partial charge in [0.15, 0.2) is 0 Å². The molecule has 0 aliphatic carbocycles. The Morgan fingerprint density at radius 2 is 1.85 bits per heavy atom. The van der Waals surface area contributed by atoms with Crippen molar-refractivity contribution in [2.24, 2.45) is 5.92 Å². The van der Waals surface area contributed by atoms with Gasteiger partial charge in [0.2, 0.25) is 11.8 Å². The van der Waals surface area contributed by atoms with Crippen LogP contribution >= 0.6 is 0 Å². The van der Waals surface area contributed by atoms with Gasteiger partial charge in [-0.05, 0) is 47.9 Å². The minimum absolute atomic E-state index is 0.0703. The molecule has 2 aliphatic rings. The summed E-state index contributed by atoms with van der Waals surface area (Å²) in [6.07, 6.45) is 4.12. The van der Waals surface area contributed by atoms with Crippen LogP contribution in [0, 0.1) is 17.6 Å². The summed E-state index contributed by atoms with van der Waals surface area (Å²) >= 11 is 0. The zero-order valence-corrected chi connectivity index (χ0v) is 21.9. The van der Waals surface area contributed by atoms with Crippen molar-refractivity contribution in [1.82, 2.24) is 20.1 Å². The number of carbonyl (C=O) groups is 3. The maximum atomic E-state index is 14.4. The molecule has 40 heavy (non-hydrogen) atoms. The highest BCUT2D eigenvalue weighted by Gasteiger charge is 2.41. The van der Waals surface area contributed by atoms with Gasteiger partial charge >= 0.3 is 0 Å². The summed E-state index contributed by atoms with van der Waals surface area (Å²) in [6, 6.07) is 13.9. The van der Waals surface area contributed by atoms with Crippen LogP contribution in [0.3, 0.4) is 0 Å². The molecule has 1 N–H and O–H groups in total. The molecule has 2 aromatic carbocycles. The van der Waals surface area contributed by atoms with E-state index in [9.17, 15) is 23.2 Å². The number of amides is 3. The largest absolute Gasteiger partial charge is 0.494 e. The molecule has 10 heteroatoms. The standard InChI is InChI=1S/C30H30F2N4O4/c31-22-7-8-24(27(32)16-22)30(39)36-18-25-21-5-1-6-23(15-21)40-13-3-11-35(12-10-34-29(38)26(25)19-36)28(37)14-20-4-2-9-33-17-20/h1-2,4-9,15-17,25-26H,3,10-14,18-19H2,(H,34,38)/t25-,26+/m1/s1. The quantitative estimate of drug-likeness (QED) is 0.543. The highest BCUT2D eigenvalue weighted by atomic mass is 19.1. The fourth-order valence-corrected chi connectivity index (χ4v) is 5.28. The van der Waals surface area contributed by atoms with Crippen LogP contribution in [-0.2, 0) is 16.0 Å². The number of aromatic nitrogens is 1. The molecule has 0 unspecified atom stereocenters. The van der Waals surface area contributed by atoms with Gasteiger partial charge in [-0.15, -0.1) is 0 Å². The zero-order chi connectivity index (χ0) is 28.1. The topological polar surface area (TPSA) is 91.8 Å². The first-order valence-corrected chi connectivity index (χ1v) is 13.3. The smallest absolute Gasteiger partial charge is 0.256 e. The molecule has 2 aliphatic heterocycles. The number of nitrogens with one attached hydrogen (secondary N) is 1. The Hall–Kier alpha value is -4.34. The van der Waals surface area contributed by atoms with E-state index in [2.05, 4.69) is 10.3 Å². The van der Waals surface area contributed by atoms with Crippen molar-refractivity contribution in [3.63, 3.8) is 0 Å². The van der Waals surface area contributed by atoms with Gasteiger partial charge < -0.3 is 19.9 Å². The molecule has 208 valence electrons. The number of benzene rings is 2. The molecule has 1 fully saturated rings. The summed E-state index contributed by atoms with van der Waals surface area (Å²) in [7, 11) is 0. The van der Waals surface area contributed by atoms with Crippen LogP contribution in [0.2, 0.25) is 0 Å². The molecule has 3 aromatic rings. The van der Waals surface area contributed by atoms with Gasteiger partial charge in [-0.3, -0.25) is 19.4 Å². The van der Waals surface area contributed by atoms with Gasteiger partial charge in [0.1, 0.15) is 17.4 Å². The van der Waals surface area contributed by atoms with Crippen molar-refractivity contribution in [2.45, 2.75) is 18.8 Å². The lowest BCUT2D eigenvalue weighted by Gasteiger charge is -2.25. The van der Waals surface area contributed by atoms with Crippen LogP contribution in [0.15, 0.2) is 67.0 Å². The van der Waals surface area contributed by atoms with Crippen molar-refractivity contribution < 1.29 is 27.9 Å². The summed E-state index contributed by atoms with van der Waals surface area (Å²) in [5, 5.41) is 2.94. The van der Waals surface area contributed by atoms with E-state index in [0.717, 1.165) is 23.3 Å². The van der Waals surface area contributed by atoms with E-state index in [1.54, 1.807) is 23.4 Å². The molecular formula is C30H30F2N4O4. The van der Waals surface area contributed by atoms with Crippen LogP contribution in [0.4, 0.5) is 8.78 Å². The lowest BCUT2D eigenvalue weighted by molar-refractivity contribution is -0.131. The number of pyridine rings is 1. The predicted molar refractivity (Wildman–Crippen MR) is 143 cm³/mol. The van der Waals surface area contributed by atoms with E-state index in [1.807, 2.05) is 30.3 Å². The van der Waals surface area contributed by atoms with Crippen molar-refractivity contribution >= 4 is 17.7 Å². The molecule has 2 atom stereocenters. The molecule has 0 spiro atoms. The van der Waals surface area contributed by atoms with E-state index in [4.69, 9.17) is 4.74 Å². The van der Waals surface area contributed by atoms with Gasteiger partial charge in [0.05, 0.1) is 24.5 Å². The second-order valence-electron chi connectivity index (χ2n) is 10.0. The minimum Gasteiger partial charge on any atom is -0.494 e. The molecular weight excluding hydrogens is 518 g/mol. The van der Waals surface area contributed by atoms with Crippen molar-refractivity contribution in [1.29, 1.82) is 0 Å². The van der Waals surface area contributed by atoms with Gasteiger partial charge in [0, 0.05) is 57.1 Å². The number of hydrogen-bond acceptors (Lipinski definition) is 5. The Bertz CT molecular complexity index is 1390. The molecule has 1 saturated heterocycles. The molecule has 3 heterocycles. The third-order valence-electron chi connectivity index (χ3n) is 7.34. The van der Waals surface area contributed by atoms with E-state index in [-0.39, 0.29) is 49.4 Å².